The second-order valence-corrected chi connectivity index (χ2v) is 6.31. The maximum Gasteiger partial charge on any atom is 0.423 e. The Morgan fingerprint density at radius 2 is 1.78 bits per heavy atom. The summed E-state index contributed by atoms with van der Waals surface area (Å²) in [5, 5.41) is 11.5. The molecule has 0 aliphatic heterocycles. The van der Waals surface area contributed by atoms with E-state index >= 15 is 0 Å². The first-order valence-corrected chi connectivity index (χ1v) is 8.21. The van der Waals surface area contributed by atoms with Crippen LogP contribution in [0.15, 0.2) is 12.1 Å². The van der Waals surface area contributed by atoms with Gasteiger partial charge in [-0.25, -0.2) is 0 Å². The highest BCUT2D eigenvalue weighted by atomic mass is 35.5. The van der Waals surface area contributed by atoms with Crippen molar-refractivity contribution in [3.05, 3.63) is 33.4 Å². The molecule has 1 aromatic heterocycles. The zero-order valence-corrected chi connectivity index (χ0v) is 14.5. The number of aliphatic hydroxyl groups is 1. The highest BCUT2D eigenvalue weighted by molar-refractivity contribution is 6.42. The molecule has 2 unspecified atom stereocenters. The molecular formula is C16H18Cl2F3NO. The summed E-state index contributed by atoms with van der Waals surface area (Å²) in [6, 6.07) is 3.03. The molecule has 1 aliphatic carbocycles. The molecule has 0 radical (unpaired) electrons. The third-order valence-electron chi connectivity index (χ3n) is 4.30. The van der Waals surface area contributed by atoms with Crippen LogP contribution in [0.1, 0.15) is 38.4 Å². The van der Waals surface area contributed by atoms with Gasteiger partial charge in [0.25, 0.3) is 0 Å². The monoisotopic (exact) mass is 367 g/mol. The van der Waals surface area contributed by atoms with Crippen LogP contribution in [0.3, 0.4) is 0 Å². The van der Waals surface area contributed by atoms with Gasteiger partial charge in [0.05, 0.1) is 15.7 Å². The summed E-state index contributed by atoms with van der Waals surface area (Å²) >= 11 is 11.9. The van der Waals surface area contributed by atoms with Crippen LogP contribution in [0.2, 0.25) is 10.0 Å². The number of halogens is 5. The van der Waals surface area contributed by atoms with Gasteiger partial charge in [-0.2, -0.15) is 13.2 Å². The zero-order chi connectivity index (χ0) is 17.6. The summed E-state index contributed by atoms with van der Waals surface area (Å²) < 4.78 is 40.3. The second kappa shape index (κ2) is 6.19. The average Bonchev–Trinajstić information content (AvgIpc) is 2.83. The Hall–Kier alpha value is -0.910. The van der Waals surface area contributed by atoms with Crippen molar-refractivity contribution in [2.24, 2.45) is 5.92 Å². The molecule has 2 nitrogen and oxygen atoms in total. The molecule has 2 atom stereocenters. The van der Waals surface area contributed by atoms with Crippen LogP contribution in [0, 0.1) is 5.92 Å². The minimum atomic E-state index is -4.75. The van der Waals surface area contributed by atoms with E-state index in [1.54, 1.807) is 6.07 Å². The number of aromatic nitrogens is 1. The molecule has 0 saturated heterocycles. The number of alkyl halides is 3. The van der Waals surface area contributed by atoms with E-state index in [0.717, 1.165) is 0 Å². The Bertz CT molecular complexity index is 726. The van der Waals surface area contributed by atoms with Crippen LogP contribution in [0.4, 0.5) is 13.2 Å². The third-order valence-corrected chi connectivity index (χ3v) is 5.02. The highest BCUT2D eigenvalue weighted by Crippen LogP contribution is 2.51. The largest absolute Gasteiger partial charge is 0.423 e. The van der Waals surface area contributed by atoms with E-state index in [1.807, 2.05) is 13.8 Å². The van der Waals surface area contributed by atoms with Crippen molar-refractivity contribution in [2.75, 3.05) is 0 Å². The normalized spacial score (nSPS) is 24.1. The summed E-state index contributed by atoms with van der Waals surface area (Å²) in [6.45, 7) is 5.40. The van der Waals surface area contributed by atoms with Crippen LogP contribution < -0.4 is 0 Å². The molecule has 1 aromatic carbocycles. The molecule has 0 spiro atoms. The van der Waals surface area contributed by atoms with Crippen molar-refractivity contribution < 1.29 is 18.3 Å². The first kappa shape index (κ1) is 18.4. The third kappa shape index (κ3) is 2.73. The molecule has 0 saturated carbocycles. The van der Waals surface area contributed by atoms with Crippen molar-refractivity contribution in [3.63, 3.8) is 0 Å². The van der Waals surface area contributed by atoms with Crippen LogP contribution in [-0.2, 0) is 12.0 Å². The molecule has 2 aromatic rings. The Morgan fingerprint density at radius 1 is 1.22 bits per heavy atom. The Morgan fingerprint density at radius 3 is 2.35 bits per heavy atom. The summed E-state index contributed by atoms with van der Waals surface area (Å²) in [4.78, 5) is 2.70. The maximum absolute atomic E-state index is 13.4. The lowest BCUT2D eigenvalue weighted by molar-refractivity contribution is -0.289. The van der Waals surface area contributed by atoms with Gasteiger partial charge < -0.3 is 10.1 Å². The fraction of sp³-hybridized carbons (Fsp3) is 0.500. The summed E-state index contributed by atoms with van der Waals surface area (Å²) in [5.41, 5.74) is -2.16. The number of benzene rings is 1. The van der Waals surface area contributed by atoms with E-state index < -0.39 is 17.7 Å². The second-order valence-electron chi connectivity index (χ2n) is 5.49. The van der Waals surface area contributed by atoms with Crippen molar-refractivity contribution in [1.29, 1.82) is 0 Å². The number of aryl methyl sites for hydroxylation is 1. The lowest BCUT2D eigenvalue weighted by atomic mass is 9.75. The lowest BCUT2D eigenvalue weighted by Gasteiger charge is -2.39. The van der Waals surface area contributed by atoms with E-state index in [9.17, 15) is 18.3 Å². The van der Waals surface area contributed by atoms with Crippen molar-refractivity contribution >= 4 is 34.1 Å². The van der Waals surface area contributed by atoms with Crippen LogP contribution in [-0.4, -0.2) is 16.3 Å². The van der Waals surface area contributed by atoms with E-state index in [2.05, 4.69) is 4.98 Å². The van der Waals surface area contributed by atoms with Gasteiger partial charge in [-0.1, -0.05) is 44.0 Å². The molecule has 0 fully saturated rings. The molecular weight excluding hydrogens is 350 g/mol. The van der Waals surface area contributed by atoms with Gasteiger partial charge in [-0.3, -0.25) is 0 Å². The van der Waals surface area contributed by atoms with Gasteiger partial charge in [0, 0.05) is 10.9 Å². The number of rotatable bonds is 0. The summed E-state index contributed by atoms with van der Waals surface area (Å²) in [7, 11) is 0. The first-order chi connectivity index (χ1) is 10.7. The van der Waals surface area contributed by atoms with E-state index in [1.165, 1.54) is 13.0 Å². The van der Waals surface area contributed by atoms with Crippen LogP contribution in [0.5, 0.6) is 0 Å². The number of aromatic amines is 1. The average molecular weight is 368 g/mol. The van der Waals surface area contributed by atoms with Crippen LogP contribution in [0.25, 0.3) is 10.9 Å². The Labute approximate surface area is 142 Å². The summed E-state index contributed by atoms with van der Waals surface area (Å²) in [6.07, 6.45) is -4.06. The Balaban J connectivity index is 0.000000924. The van der Waals surface area contributed by atoms with Gasteiger partial charge in [-0.05, 0) is 36.5 Å². The molecule has 0 bridgehead atoms. The molecule has 1 heterocycles. The van der Waals surface area contributed by atoms with Crippen molar-refractivity contribution in [2.45, 2.75) is 45.4 Å². The zero-order valence-electron chi connectivity index (χ0n) is 13.0. The van der Waals surface area contributed by atoms with Crippen molar-refractivity contribution in [1.82, 2.24) is 4.98 Å². The number of hydrogen-bond acceptors (Lipinski definition) is 1. The predicted octanol–water partition coefficient (Wildman–Crippen LogP) is 5.83. The fourth-order valence-electron chi connectivity index (χ4n) is 3.07. The Kier molecular flexibility index (Phi) is 4.96. The molecule has 23 heavy (non-hydrogen) atoms. The molecule has 7 heteroatoms. The molecule has 1 aliphatic rings. The van der Waals surface area contributed by atoms with Gasteiger partial charge >= 0.3 is 6.18 Å². The van der Waals surface area contributed by atoms with Gasteiger partial charge in [0.2, 0.25) is 5.60 Å². The van der Waals surface area contributed by atoms with E-state index in [4.69, 9.17) is 23.2 Å². The van der Waals surface area contributed by atoms with Crippen molar-refractivity contribution in [3.8, 4) is 0 Å². The predicted molar refractivity (Wildman–Crippen MR) is 87.1 cm³/mol. The standard InChI is InChI=1S/C14H12Cl2F3NO.C2H6/c1-6-2-3-7-8-4-9(15)10(16)5-11(8)20-12(7)13(6,21)14(17,18)19;1-2/h4-6,20-21H,2-3H2,1H3;1-2H3. The number of nitrogens with one attached hydrogen (secondary N) is 1. The smallest absolute Gasteiger partial charge is 0.375 e. The van der Waals surface area contributed by atoms with Gasteiger partial charge in [-0.15, -0.1) is 0 Å². The molecule has 3 rings (SSSR count). The van der Waals surface area contributed by atoms with E-state index in [0.29, 0.717) is 22.9 Å². The lowest BCUT2D eigenvalue weighted by Crippen LogP contribution is -2.50. The topological polar surface area (TPSA) is 36.0 Å². The maximum atomic E-state index is 13.4. The highest BCUT2D eigenvalue weighted by Gasteiger charge is 2.61. The quantitative estimate of drug-likeness (QED) is 0.603. The fourth-order valence-corrected chi connectivity index (χ4v) is 3.39. The molecule has 0 amide bonds. The number of H-pyrrole nitrogens is 1. The van der Waals surface area contributed by atoms with E-state index in [-0.39, 0.29) is 22.2 Å². The molecule has 2 N–H and O–H groups in total. The van der Waals surface area contributed by atoms with Gasteiger partial charge in [0.1, 0.15) is 0 Å². The number of fused-ring (bicyclic) bond motifs is 3. The minimum absolute atomic E-state index is 0.193. The SMILES string of the molecule is CC.CC1CCc2c([nH]c3cc(Cl)c(Cl)cc23)C1(O)C(F)(F)F. The summed E-state index contributed by atoms with van der Waals surface area (Å²) in [5.74, 6) is -0.927. The number of hydrogen-bond donors (Lipinski definition) is 2. The molecule has 128 valence electrons. The minimum Gasteiger partial charge on any atom is -0.375 e. The van der Waals surface area contributed by atoms with Gasteiger partial charge in [0.15, 0.2) is 0 Å². The van der Waals surface area contributed by atoms with Crippen LogP contribution >= 0.6 is 23.2 Å². The first-order valence-electron chi connectivity index (χ1n) is 7.45.